The molecule has 1 atom stereocenters. The van der Waals surface area contributed by atoms with Gasteiger partial charge < -0.3 is 5.11 Å². The van der Waals surface area contributed by atoms with Crippen LogP contribution in [0.2, 0.25) is 0 Å². The third-order valence-electron chi connectivity index (χ3n) is 1.76. The lowest BCUT2D eigenvalue weighted by Crippen LogP contribution is -2.02. The van der Waals surface area contributed by atoms with Gasteiger partial charge in [-0.2, -0.15) is 0 Å². The first kappa shape index (κ1) is 9.20. The summed E-state index contributed by atoms with van der Waals surface area (Å²) in [5, 5.41) is 9.06. The number of hydrogen-bond acceptors (Lipinski definition) is 2. The Bertz CT molecular complexity index is 245. The second kappa shape index (κ2) is 4.21. The van der Waals surface area contributed by atoms with Crippen molar-refractivity contribution in [1.82, 2.24) is 4.98 Å². The Balaban J connectivity index is 2.52. The zero-order valence-electron chi connectivity index (χ0n) is 7.62. The van der Waals surface area contributed by atoms with Gasteiger partial charge in [0.15, 0.2) is 0 Å². The summed E-state index contributed by atoms with van der Waals surface area (Å²) in [6, 6.07) is 5.97. The molecular formula is C10H15NO. The van der Waals surface area contributed by atoms with Gasteiger partial charge in [0.05, 0.1) is 6.10 Å². The van der Waals surface area contributed by atoms with Crippen molar-refractivity contribution in [3.63, 3.8) is 0 Å². The molecule has 0 saturated heterocycles. The molecule has 1 N–H and O–H groups in total. The Labute approximate surface area is 73.3 Å². The topological polar surface area (TPSA) is 33.1 Å². The highest BCUT2D eigenvalue weighted by molar-refractivity contribution is 5.09. The lowest BCUT2D eigenvalue weighted by atomic mass is 10.1. The molecular weight excluding hydrogens is 150 g/mol. The maximum Gasteiger partial charge on any atom is 0.0515 e. The van der Waals surface area contributed by atoms with Crippen LogP contribution in [0.5, 0.6) is 0 Å². The van der Waals surface area contributed by atoms with Crippen LogP contribution >= 0.6 is 0 Å². The summed E-state index contributed by atoms with van der Waals surface area (Å²) in [6.07, 6.45) is 1.42. The molecule has 2 heteroatoms. The molecule has 0 amide bonds. The van der Waals surface area contributed by atoms with Gasteiger partial charge in [0, 0.05) is 11.4 Å². The summed E-state index contributed by atoms with van der Waals surface area (Å²) in [4.78, 5) is 4.33. The van der Waals surface area contributed by atoms with E-state index in [2.05, 4.69) is 4.98 Å². The SMILES string of the molecule is Cc1cccc(CC[C@@H](C)O)n1. The van der Waals surface area contributed by atoms with Crippen molar-refractivity contribution in [1.29, 1.82) is 0 Å². The number of aromatic nitrogens is 1. The number of aliphatic hydroxyl groups is 1. The molecule has 0 aliphatic carbocycles. The monoisotopic (exact) mass is 165 g/mol. The zero-order chi connectivity index (χ0) is 8.97. The average Bonchev–Trinajstić information content (AvgIpc) is 2.01. The Morgan fingerprint density at radius 1 is 1.50 bits per heavy atom. The molecule has 0 radical (unpaired) electrons. The smallest absolute Gasteiger partial charge is 0.0515 e. The number of pyridine rings is 1. The number of aryl methyl sites for hydroxylation is 2. The highest BCUT2D eigenvalue weighted by atomic mass is 16.3. The van der Waals surface area contributed by atoms with E-state index < -0.39 is 0 Å². The number of hydrogen-bond donors (Lipinski definition) is 1. The van der Waals surface area contributed by atoms with Crippen molar-refractivity contribution < 1.29 is 5.11 Å². The molecule has 1 heterocycles. The standard InChI is InChI=1S/C10H15NO/c1-8-4-3-5-10(11-8)7-6-9(2)12/h3-5,9,12H,6-7H2,1-2H3/t9-/m1/s1. The molecule has 0 aliphatic rings. The third kappa shape index (κ3) is 3.01. The second-order valence-electron chi connectivity index (χ2n) is 3.16. The van der Waals surface area contributed by atoms with E-state index in [-0.39, 0.29) is 6.10 Å². The van der Waals surface area contributed by atoms with Crippen LogP contribution in [0.4, 0.5) is 0 Å². The van der Waals surface area contributed by atoms with Gasteiger partial charge in [-0.25, -0.2) is 0 Å². The predicted octanol–water partition coefficient (Wildman–Crippen LogP) is 1.70. The molecule has 0 bridgehead atoms. The van der Waals surface area contributed by atoms with Gasteiger partial charge in [0.25, 0.3) is 0 Å². The van der Waals surface area contributed by atoms with Crippen molar-refractivity contribution in [2.24, 2.45) is 0 Å². The number of aliphatic hydroxyl groups excluding tert-OH is 1. The van der Waals surface area contributed by atoms with Crippen LogP contribution in [-0.4, -0.2) is 16.2 Å². The van der Waals surface area contributed by atoms with E-state index in [1.807, 2.05) is 25.1 Å². The molecule has 0 saturated carbocycles. The Morgan fingerprint density at radius 3 is 2.83 bits per heavy atom. The fourth-order valence-electron chi connectivity index (χ4n) is 1.10. The van der Waals surface area contributed by atoms with Crippen molar-refractivity contribution >= 4 is 0 Å². The fourth-order valence-corrected chi connectivity index (χ4v) is 1.10. The normalized spacial score (nSPS) is 12.9. The molecule has 0 fully saturated rings. The summed E-state index contributed by atoms with van der Waals surface area (Å²) in [6.45, 7) is 3.78. The summed E-state index contributed by atoms with van der Waals surface area (Å²) in [5.74, 6) is 0. The first-order valence-corrected chi connectivity index (χ1v) is 4.29. The van der Waals surface area contributed by atoms with E-state index in [0.29, 0.717) is 0 Å². The van der Waals surface area contributed by atoms with E-state index in [4.69, 9.17) is 5.11 Å². The minimum absolute atomic E-state index is 0.229. The lowest BCUT2D eigenvalue weighted by Gasteiger charge is -2.03. The maximum absolute atomic E-state index is 9.06. The first-order valence-electron chi connectivity index (χ1n) is 4.29. The fraction of sp³-hybridized carbons (Fsp3) is 0.500. The van der Waals surface area contributed by atoms with Crippen LogP contribution in [0.25, 0.3) is 0 Å². The van der Waals surface area contributed by atoms with E-state index in [1.165, 1.54) is 0 Å². The Morgan fingerprint density at radius 2 is 2.25 bits per heavy atom. The van der Waals surface area contributed by atoms with Crippen molar-refractivity contribution in [2.75, 3.05) is 0 Å². The first-order chi connectivity index (χ1) is 5.68. The van der Waals surface area contributed by atoms with E-state index in [0.717, 1.165) is 24.2 Å². The van der Waals surface area contributed by atoms with Gasteiger partial charge in [-0.05, 0) is 38.8 Å². The van der Waals surface area contributed by atoms with Crippen LogP contribution in [0.15, 0.2) is 18.2 Å². The van der Waals surface area contributed by atoms with Crippen LogP contribution in [0.3, 0.4) is 0 Å². The minimum atomic E-state index is -0.229. The molecule has 1 aromatic rings. The lowest BCUT2D eigenvalue weighted by molar-refractivity contribution is 0.184. The van der Waals surface area contributed by atoms with Crippen LogP contribution in [-0.2, 0) is 6.42 Å². The van der Waals surface area contributed by atoms with Crippen molar-refractivity contribution in [3.8, 4) is 0 Å². The van der Waals surface area contributed by atoms with Crippen molar-refractivity contribution in [2.45, 2.75) is 32.8 Å². The largest absolute Gasteiger partial charge is 0.393 e. The molecule has 66 valence electrons. The van der Waals surface area contributed by atoms with Crippen molar-refractivity contribution in [3.05, 3.63) is 29.6 Å². The number of nitrogens with zero attached hydrogens (tertiary/aromatic N) is 1. The predicted molar refractivity (Wildman–Crippen MR) is 49.0 cm³/mol. The van der Waals surface area contributed by atoms with Gasteiger partial charge in [-0.15, -0.1) is 0 Å². The van der Waals surface area contributed by atoms with Crippen LogP contribution in [0.1, 0.15) is 24.7 Å². The van der Waals surface area contributed by atoms with E-state index >= 15 is 0 Å². The molecule has 1 rings (SSSR count). The van der Waals surface area contributed by atoms with Crippen LogP contribution < -0.4 is 0 Å². The van der Waals surface area contributed by atoms with Gasteiger partial charge in [0.2, 0.25) is 0 Å². The molecule has 0 unspecified atom stereocenters. The quantitative estimate of drug-likeness (QED) is 0.739. The molecule has 1 aromatic heterocycles. The summed E-state index contributed by atoms with van der Waals surface area (Å²) < 4.78 is 0. The third-order valence-corrected chi connectivity index (χ3v) is 1.76. The highest BCUT2D eigenvalue weighted by Gasteiger charge is 1.98. The summed E-state index contributed by atoms with van der Waals surface area (Å²) >= 11 is 0. The summed E-state index contributed by atoms with van der Waals surface area (Å²) in [5.41, 5.74) is 2.11. The molecule has 0 spiro atoms. The van der Waals surface area contributed by atoms with Gasteiger partial charge in [0.1, 0.15) is 0 Å². The Hall–Kier alpha value is -0.890. The Kier molecular flexibility index (Phi) is 3.23. The number of rotatable bonds is 3. The van der Waals surface area contributed by atoms with Gasteiger partial charge in [-0.1, -0.05) is 6.07 Å². The molecule has 12 heavy (non-hydrogen) atoms. The van der Waals surface area contributed by atoms with Gasteiger partial charge in [-0.3, -0.25) is 4.98 Å². The zero-order valence-corrected chi connectivity index (χ0v) is 7.62. The molecule has 0 aromatic carbocycles. The maximum atomic E-state index is 9.06. The second-order valence-corrected chi connectivity index (χ2v) is 3.16. The highest BCUT2D eigenvalue weighted by Crippen LogP contribution is 2.03. The average molecular weight is 165 g/mol. The van der Waals surface area contributed by atoms with Crippen LogP contribution in [0, 0.1) is 6.92 Å². The van der Waals surface area contributed by atoms with E-state index in [1.54, 1.807) is 6.92 Å². The molecule has 0 aliphatic heterocycles. The molecule has 2 nitrogen and oxygen atoms in total. The van der Waals surface area contributed by atoms with E-state index in [9.17, 15) is 0 Å². The van der Waals surface area contributed by atoms with Gasteiger partial charge >= 0.3 is 0 Å². The minimum Gasteiger partial charge on any atom is -0.393 e. The summed E-state index contributed by atoms with van der Waals surface area (Å²) in [7, 11) is 0.